The van der Waals surface area contributed by atoms with Gasteiger partial charge >= 0.3 is 6.03 Å². The first-order valence-corrected chi connectivity index (χ1v) is 9.79. The first kappa shape index (κ1) is 19.4. The van der Waals surface area contributed by atoms with Crippen LogP contribution in [-0.4, -0.2) is 25.7 Å². The van der Waals surface area contributed by atoms with Gasteiger partial charge in [0.15, 0.2) is 5.13 Å². The lowest BCUT2D eigenvalue weighted by Gasteiger charge is -2.06. The Morgan fingerprint density at radius 3 is 2.78 bits per heavy atom. The highest BCUT2D eigenvalue weighted by Crippen LogP contribution is 2.27. The molecule has 0 fully saturated rings. The molecule has 0 saturated heterocycles. The maximum absolute atomic E-state index is 13.7. The molecular weight excluding hydrogens is 417 g/mol. The molecule has 27 heavy (non-hydrogen) atoms. The van der Waals surface area contributed by atoms with Gasteiger partial charge in [0.1, 0.15) is 5.82 Å². The molecule has 1 unspecified atom stereocenters. The summed E-state index contributed by atoms with van der Waals surface area (Å²) in [4.78, 5) is 28.2. The summed E-state index contributed by atoms with van der Waals surface area (Å²) < 4.78 is 35.9. The second-order valence-corrected chi connectivity index (χ2v) is 7.61. The zero-order valence-corrected chi connectivity index (χ0v) is 15.7. The van der Waals surface area contributed by atoms with Gasteiger partial charge in [-0.05, 0) is 29.8 Å². The molecular formula is C16H10ClFN3O4S2-. The van der Waals surface area contributed by atoms with Crippen LogP contribution in [0.1, 0.15) is 15.9 Å². The van der Waals surface area contributed by atoms with Crippen molar-refractivity contribution < 1.29 is 22.7 Å². The lowest BCUT2D eigenvalue weighted by Crippen LogP contribution is -2.35. The molecule has 3 aromatic rings. The normalized spacial score (nSPS) is 12.0. The van der Waals surface area contributed by atoms with E-state index in [1.807, 2.05) is 5.32 Å². The molecule has 0 saturated carbocycles. The third-order valence-electron chi connectivity index (χ3n) is 3.37. The Bertz CT molecular complexity index is 1050. The number of carbonyl (C=O) groups excluding carboxylic acids is 2. The summed E-state index contributed by atoms with van der Waals surface area (Å²) in [6, 6.07) is 7.71. The van der Waals surface area contributed by atoms with Crippen molar-refractivity contribution in [3.63, 3.8) is 0 Å². The molecule has 1 heterocycles. The predicted molar refractivity (Wildman–Crippen MR) is 100 cm³/mol. The average Bonchev–Trinajstić information content (AvgIpc) is 2.95. The van der Waals surface area contributed by atoms with Gasteiger partial charge in [0, 0.05) is 5.75 Å². The van der Waals surface area contributed by atoms with Crippen molar-refractivity contribution >= 4 is 61.3 Å². The van der Waals surface area contributed by atoms with E-state index in [0.29, 0.717) is 15.8 Å². The minimum Gasteiger partial charge on any atom is -0.772 e. The van der Waals surface area contributed by atoms with E-state index in [2.05, 4.69) is 10.3 Å². The highest BCUT2D eigenvalue weighted by atomic mass is 35.5. The third kappa shape index (κ3) is 4.66. The molecule has 0 aliphatic carbocycles. The molecule has 3 amide bonds. The van der Waals surface area contributed by atoms with Gasteiger partial charge in [-0.2, -0.15) is 0 Å². The Balaban J connectivity index is 1.72. The van der Waals surface area contributed by atoms with Gasteiger partial charge in [-0.1, -0.05) is 46.2 Å². The van der Waals surface area contributed by atoms with Crippen LogP contribution >= 0.6 is 22.9 Å². The van der Waals surface area contributed by atoms with Crippen LogP contribution < -0.4 is 10.6 Å². The Hall–Kier alpha value is -2.40. The number of nitrogens with zero attached hydrogens (tertiary/aromatic N) is 1. The molecule has 1 aromatic heterocycles. The molecule has 0 radical (unpaired) electrons. The van der Waals surface area contributed by atoms with Gasteiger partial charge in [-0.3, -0.25) is 19.6 Å². The van der Waals surface area contributed by atoms with Crippen LogP contribution in [-0.2, 0) is 16.8 Å². The summed E-state index contributed by atoms with van der Waals surface area (Å²) >= 11 is 4.67. The van der Waals surface area contributed by atoms with Crippen molar-refractivity contribution in [2.45, 2.75) is 5.75 Å². The van der Waals surface area contributed by atoms with Gasteiger partial charge in [-0.25, -0.2) is 14.2 Å². The van der Waals surface area contributed by atoms with Crippen LogP contribution in [0, 0.1) is 5.82 Å². The second-order valence-electron chi connectivity index (χ2n) is 5.27. The van der Waals surface area contributed by atoms with E-state index in [-0.39, 0.29) is 15.9 Å². The monoisotopic (exact) mass is 426 g/mol. The van der Waals surface area contributed by atoms with Crippen molar-refractivity contribution in [3.05, 3.63) is 58.4 Å². The summed E-state index contributed by atoms with van der Waals surface area (Å²) in [5.41, 5.74) is 0.702. The lowest BCUT2D eigenvalue weighted by molar-refractivity contribution is 0.0963. The molecule has 140 valence electrons. The summed E-state index contributed by atoms with van der Waals surface area (Å²) in [6.07, 6.45) is 0. The van der Waals surface area contributed by atoms with E-state index in [1.54, 1.807) is 18.2 Å². The molecule has 1 atom stereocenters. The minimum absolute atomic E-state index is 0.122. The maximum Gasteiger partial charge on any atom is 0.327 e. The number of carbonyl (C=O) groups is 2. The quantitative estimate of drug-likeness (QED) is 0.621. The molecule has 2 N–H and O–H groups in total. The fourth-order valence-corrected chi connectivity index (χ4v) is 3.88. The molecule has 3 rings (SSSR count). The molecule has 0 aliphatic heterocycles. The Kier molecular flexibility index (Phi) is 5.80. The van der Waals surface area contributed by atoms with Gasteiger partial charge in [0.05, 0.1) is 20.8 Å². The van der Waals surface area contributed by atoms with Crippen LogP contribution in [0.3, 0.4) is 0 Å². The molecule has 2 aromatic carbocycles. The van der Waals surface area contributed by atoms with E-state index >= 15 is 0 Å². The Labute approximate surface area is 163 Å². The highest BCUT2D eigenvalue weighted by Gasteiger charge is 2.18. The molecule has 0 aliphatic rings. The van der Waals surface area contributed by atoms with Crippen molar-refractivity contribution in [2.24, 2.45) is 0 Å². The lowest BCUT2D eigenvalue weighted by atomic mass is 10.2. The number of nitrogens with one attached hydrogen (secondary N) is 2. The topological polar surface area (TPSA) is 111 Å². The fraction of sp³-hybridized carbons (Fsp3) is 0.0625. The number of amides is 3. The van der Waals surface area contributed by atoms with E-state index in [1.165, 1.54) is 12.1 Å². The first-order chi connectivity index (χ1) is 12.8. The minimum atomic E-state index is -2.22. The van der Waals surface area contributed by atoms with Crippen LogP contribution in [0.15, 0.2) is 36.4 Å². The van der Waals surface area contributed by atoms with E-state index in [0.717, 1.165) is 17.4 Å². The number of benzene rings is 2. The Morgan fingerprint density at radius 2 is 2.07 bits per heavy atom. The van der Waals surface area contributed by atoms with Gasteiger partial charge in [0.25, 0.3) is 5.91 Å². The van der Waals surface area contributed by atoms with Crippen molar-refractivity contribution in [3.8, 4) is 0 Å². The Morgan fingerprint density at radius 1 is 1.30 bits per heavy atom. The van der Waals surface area contributed by atoms with Gasteiger partial charge in [0.2, 0.25) is 0 Å². The van der Waals surface area contributed by atoms with E-state index in [4.69, 9.17) is 11.6 Å². The van der Waals surface area contributed by atoms with Gasteiger partial charge in [-0.15, -0.1) is 0 Å². The zero-order valence-electron chi connectivity index (χ0n) is 13.3. The molecule has 7 nitrogen and oxygen atoms in total. The second kappa shape index (κ2) is 8.09. The smallest absolute Gasteiger partial charge is 0.327 e. The van der Waals surface area contributed by atoms with Gasteiger partial charge < -0.3 is 4.55 Å². The number of thiazole rings is 1. The number of anilines is 1. The number of aromatic nitrogens is 1. The number of hydrogen-bond acceptors (Lipinski definition) is 6. The van der Waals surface area contributed by atoms with Crippen LogP contribution in [0.25, 0.3) is 10.2 Å². The number of hydrogen-bond donors (Lipinski definition) is 2. The van der Waals surface area contributed by atoms with Crippen molar-refractivity contribution in [1.82, 2.24) is 10.3 Å². The molecule has 0 bridgehead atoms. The van der Waals surface area contributed by atoms with Crippen molar-refractivity contribution in [2.75, 3.05) is 5.32 Å². The van der Waals surface area contributed by atoms with Crippen LogP contribution in [0.4, 0.5) is 14.3 Å². The SMILES string of the molecule is O=C(NC(=O)c1c(F)cccc1Cl)Nc1nc2ccc(CS(=O)[O-])cc2s1. The predicted octanol–water partition coefficient (Wildman–Crippen LogP) is 3.43. The molecule has 11 heteroatoms. The highest BCUT2D eigenvalue weighted by molar-refractivity contribution is 7.78. The summed E-state index contributed by atoms with van der Waals surface area (Å²) in [5, 5.41) is 4.43. The number of urea groups is 1. The maximum atomic E-state index is 13.7. The number of halogens is 2. The summed E-state index contributed by atoms with van der Waals surface area (Å²) in [6.45, 7) is 0. The molecule has 0 spiro atoms. The largest absolute Gasteiger partial charge is 0.772 e. The summed E-state index contributed by atoms with van der Waals surface area (Å²) in [7, 11) is 0. The standard InChI is InChI=1S/C16H11ClFN3O4S2/c17-9-2-1-3-10(18)13(9)14(22)20-15(23)21-16-19-11-5-4-8(7-27(24)25)6-12(11)26-16/h1-6H,7H2,(H,24,25)(H2,19,20,21,22,23)/p-1. The van der Waals surface area contributed by atoms with E-state index in [9.17, 15) is 22.7 Å². The summed E-state index contributed by atoms with van der Waals surface area (Å²) in [5.74, 6) is -1.97. The van der Waals surface area contributed by atoms with Crippen LogP contribution in [0.5, 0.6) is 0 Å². The van der Waals surface area contributed by atoms with Crippen LogP contribution in [0.2, 0.25) is 5.02 Å². The van der Waals surface area contributed by atoms with Crippen molar-refractivity contribution in [1.29, 1.82) is 0 Å². The fourth-order valence-electron chi connectivity index (χ4n) is 2.26. The average molecular weight is 427 g/mol. The number of rotatable bonds is 4. The number of fused-ring (bicyclic) bond motifs is 1. The third-order valence-corrected chi connectivity index (χ3v) is 5.19. The zero-order chi connectivity index (χ0) is 19.6. The van der Waals surface area contributed by atoms with E-state index < -0.39 is 34.4 Å². The number of imide groups is 1. The first-order valence-electron chi connectivity index (χ1n) is 7.35.